The van der Waals surface area contributed by atoms with Gasteiger partial charge >= 0.3 is 5.97 Å². The third kappa shape index (κ3) is 9.52. The van der Waals surface area contributed by atoms with Crippen LogP contribution in [0.1, 0.15) is 58.3 Å². The van der Waals surface area contributed by atoms with Crippen molar-refractivity contribution >= 4 is 17.7 Å². The number of carbonyl (C=O) groups is 1. The van der Waals surface area contributed by atoms with Gasteiger partial charge in [-0.3, -0.25) is 4.79 Å². The summed E-state index contributed by atoms with van der Waals surface area (Å²) in [5.41, 5.74) is 0. The second-order valence-electron chi connectivity index (χ2n) is 6.19. The molecule has 128 valence electrons. The Kier molecular flexibility index (Phi) is 11.6. The average Bonchev–Trinajstić information content (AvgIpc) is 2.93. The molecule has 1 rings (SSSR count). The molecule has 1 N–H and O–H groups in total. The minimum atomic E-state index is -0.697. The van der Waals surface area contributed by atoms with E-state index in [1.54, 1.807) is 0 Å². The Bertz CT molecular complexity index is 317. The molecule has 1 aliphatic heterocycles. The minimum absolute atomic E-state index is 0.276. The van der Waals surface area contributed by atoms with E-state index in [0.29, 0.717) is 5.92 Å². The highest BCUT2D eigenvalue weighted by atomic mass is 32.2. The third-order valence-corrected chi connectivity index (χ3v) is 5.50. The van der Waals surface area contributed by atoms with Gasteiger partial charge in [-0.25, -0.2) is 0 Å². The zero-order chi connectivity index (χ0) is 16.0. The molecule has 0 aliphatic carbocycles. The predicted octanol–water partition coefficient (Wildman–Crippen LogP) is 4.76. The van der Waals surface area contributed by atoms with Crippen molar-refractivity contribution in [2.24, 2.45) is 11.8 Å². The second kappa shape index (κ2) is 13.0. The van der Waals surface area contributed by atoms with Crippen LogP contribution in [0.15, 0.2) is 12.2 Å². The van der Waals surface area contributed by atoms with Crippen LogP contribution in [-0.4, -0.2) is 35.8 Å². The van der Waals surface area contributed by atoms with Crippen LogP contribution in [0.4, 0.5) is 0 Å². The maximum Gasteiger partial charge on any atom is 0.303 e. The van der Waals surface area contributed by atoms with Crippen LogP contribution in [0.2, 0.25) is 0 Å². The normalized spacial score (nSPS) is 21.7. The van der Waals surface area contributed by atoms with Crippen LogP contribution < -0.4 is 0 Å². The van der Waals surface area contributed by atoms with Gasteiger partial charge in [0.05, 0.1) is 6.61 Å². The molecule has 0 aromatic rings. The maximum atomic E-state index is 10.4. The molecule has 22 heavy (non-hydrogen) atoms. The monoisotopic (exact) mass is 328 g/mol. The van der Waals surface area contributed by atoms with E-state index in [2.05, 4.69) is 19.1 Å². The van der Waals surface area contributed by atoms with E-state index < -0.39 is 5.97 Å². The SMILES string of the molecule is CCCCCCOC[C@@H]1CSC[C@@H]1CC=CCCCC(=O)O. The van der Waals surface area contributed by atoms with Gasteiger partial charge in [0.25, 0.3) is 0 Å². The molecule has 0 aromatic heterocycles. The Morgan fingerprint density at radius 1 is 1.18 bits per heavy atom. The molecular formula is C18H32O3S. The summed E-state index contributed by atoms with van der Waals surface area (Å²) < 4.78 is 5.86. The van der Waals surface area contributed by atoms with Crippen LogP contribution in [0.25, 0.3) is 0 Å². The van der Waals surface area contributed by atoms with Crippen LogP contribution in [-0.2, 0) is 9.53 Å². The average molecular weight is 329 g/mol. The van der Waals surface area contributed by atoms with Crippen molar-refractivity contribution in [1.29, 1.82) is 0 Å². The molecule has 0 bridgehead atoms. The van der Waals surface area contributed by atoms with E-state index in [4.69, 9.17) is 9.84 Å². The molecule has 0 unspecified atom stereocenters. The van der Waals surface area contributed by atoms with Crippen molar-refractivity contribution in [3.8, 4) is 0 Å². The first-order valence-corrected chi connectivity index (χ1v) is 9.91. The Balaban J connectivity index is 2.07. The van der Waals surface area contributed by atoms with Gasteiger partial charge in [0.2, 0.25) is 0 Å². The fraction of sp³-hybridized carbons (Fsp3) is 0.833. The van der Waals surface area contributed by atoms with Gasteiger partial charge in [-0.05, 0) is 49.0 Å². The quantitative estimate of drug-likeness (QED) is 0.391. The lowest BCUT2D eigenvalue weighted by Crippen LogP contribution is -2.18. The molecule has 3 nitrogen and oxygen atoms in total. The molecule has 0 spiro atoms. The summed E-state index contributed by atoms with van der Waals surface area (Å²) in [6, 6.07) is 0. The number of thioether (sulfide) groups is 1. The number of rotatable bonds is 13. The summed E-state index contributed by atoms with van der Waals surface area (Å²) in [7, 11) is 0. The van der Waals surface area contributed by atoms with Crippen molar-refractivity contribution in [3.63, 3.8) is 0 Å². The lowest BCUT2D eigenvalue weighted by atomic mass is 9.93. The number of ether oxygens (including phenoxy) is 1. The molecule has 1 heterocycles. The molecule has 0 saturated carbocycles. The number of carboxylic acid groups (broad SMARTS) is 1. The van der Waals surface area contributed by atoms with Crippen LogP contribution in [0, 0.1) is 11.8 Å². The number of carboxylic acids is 1. The van der Waals surface area contributed by atoms with Crippen LogP contribution in [0.3, 0.4) is 0 Å². The predicted molar refractivity (Wildman–Crippen MR) is 94.5 cm³/mol. The summed E-state index contributed by atoms with van der Waals surface area (Å²) in [5.74, 6) is 3.20. The van der Waals surface area contributed by atoms with Crippen molar-refractivity contribution in [3.05, 3.63) is 12.2 Å². The number of hydrogen-bond acceptors (Lipinski definition) is 3. The Labute approximate surface area is 139 Å². The summed E-state index contributed by atoms with van der Waals surface area (Å²) >= 11 is 2.04. The van der Waals surface area contributed by atoms with Gasteiger partial charge in [-0.15, -0.1) is 0 Å². The highest BCUT2D eigenvalue weighted by molar-refractivity contribution is 7.99. The first-order chi connectivity index (χ1) is 10.7. The maximum absolute atomic E-state index is 10.4. The zero-order valence-electron chi connectivity index (χ0n) is 14.0. The highest BCUT2D eigenvalue weighted by Gasteiger charge is 2.26. The number of hydrogen-bond donors (Lipinski definition) is 1. The van der Waals surface area contributed by atoms with Gasteiger partial charge in [-0.1, -0.05) is 38.3 Å². The molecular weight excluding hydrogens is 296 g/mol. The van der Waals surface area contributed by atoms with Gasteiger partial charge < -0.3 is 9.84 Å². The summed E-state index contributed by atoms with van der Waals surface area (Å²) in [5, 5.41) is 8.59. The van der Waals surface area contributed by atoms with Gasteiger partial charge in [0.1, 0.15) is 0 Å². The largest absolute Gasteiger partial charge is 0.481 e. The van der Waals surface area contributed by atoms with E-state index >= 15 is 0 Å². The van der Waals surface area contributed by atoms with Crippen molar-refractivity contribution in [2.75, 3.05) is 24.7 Å². The fourth-order valence-electron chi connectivity index (χ4n) is 2.71. The van der Waals surface area contributed by atoms with Crippen molar-refractivity contribution in [1.82, 2.24) is 0 Å². The molecule has 1 fully saturated rings. The van der Waals surface area contributed by atoms with E-state index in [9.17, 15) is 4.79 Å². The number of allylic oxidation sites excluding steroid dienone is 2. The van der Waals surface area contributed by atoms with Gasteiger partial charge in [0.15, 0.2) is 0 Å². The molecule has 1 aliphatic rings. The zero-order valence-corrected chi connectivity index (χ0v) is 14.8. The van der Waals surface area contributed by atoms with Crippen LogP contribution >= 0.6 is 11.8 Å². The molecule has 0 amide bonds. The Morgan fingerprint density at radius 2 is 2.00 bits per heavy atom. The first kappa shape index (κ1) is 19.6. The topological polar surface area (TPSA) is 46.5 Å². The molecule has 0 aromatic carbocycles. The molecule has 1 saturated heterocycles. The van der Waals surface area contributed by atoms with Crippen molar-refractivity contribution < 1.29 is 14.6 Å². The van der Waals surface area contributed by atoms with E-state index in [1.807, 2.05) is 11.8 Å². The van der Waals surface area contributed by atoms with E-state index in [1.165, 1.54) is 37.2 Å². The first-order valence-electron chi connectivity index (χ1n) is 8.76. The smallest absolute Gasteiger partial charge is 0.303 e. The Hall–Kier alpha value is -0.480. The lowest BCUT2D eigenvalue weighted by molar-refractivity contribution is -0.137. The van der Waals surface area contributed by atoms with Crippen LogP contribution in [0.5, 0.6) is 0 Å². The van der Waals surface area contributed by atoms with E-state index in [0.717, 1.165) is 38.4 Å². The summed E-state index contributed by atoms with van der Waals surface area (Å²) in [4.78, 5) is 10.4. The standard InChI is InChI=1S/C18H32O3S/c1-2-3-4-9-12-21-13-17-15-22-14-16(17)10-7-5-6-8-11-18(19)20/h5,7,16-17H,2-4,6,8-15H2,1H3,(H,19,20)/t16-,17+/m0/s1. The number of aliphatic carboxylic acids is 1. The van der Waals surface area contributed by atoms with Gasteiger partial charge in [-0.2, -0.15) is 11.8 Å². The summed E-state index contributed by atoms with van der Waals surface area (Å²) in [6.07, 6.45) is 12.5. The summed E-state index contributed by atoms with van der Waals surface area (Å²) in [6.45, 7) is 4.06. The molecule has 0 radical (unpaired) electrons. The molecule has 4 heteroatoms. The highest BCUT2D eigenvalue weighted by Crippen LogP contribution is 2.32. The second-order valence-corrected chi connectivity index (χ2v) is 7.26. The number of unbranched alkanes of at least 4 members (excludes halogenated alkanes) is 4. The minimum Gasteiger partial charge on any atom is -0.481 e. The third-order valence-electron chi connectivity index (χ3n) is 4.17. The van der Waals surface area contributed by atoms with Gasteiger partial charge in [0, 0.05) is 13.0 Å². The van der Waals surface area contributed by atoms with Crippen molar-refractivity contribution in [2.45, 2.75) is 58.3 Å². The molecule has 2 atom stereocenters. The fourth-order valence-corrected chi connectivity index (χ4v) is 4.23. The van der Waals surface area contributed by atoms with E-state index in [-0.39, 0.29) is 6.42 Å². The lowest BCUT2D eigenvalue weighted by Gasteiger charge is -2.17. The Morgan fingerprint density at radius 3 is 2.77 bits per heavy atom.